The zero-order valence-corrected chi connectivity index (χ0v) is 42.0. The molecule has 2 unspecified atom stereocenters. The number of methoxy groups -OCH3 is 2. The van der Waals surface area contributed by atoms with Crippen LogP contribution in [0.15, 0.2) is 95.9 Å². The van der Waals surface area contributed by atoms with Gasteiger partial charge in [0.2, 0.25) is 5.91 Å². The number of ether oxygens (including phenoxy) is 8. The van der Waals surface area contributed by atoms with Gasteiger partial charge in [-0.3, -0.25) is 19.0 Å². The number of nitrogens with zero attached hydrogens (tertiary/aromatic N) is 4. The van der Waals surface area contributed by atoms with E-state index in [0.717, 1.165) is 16.7 Å². The lowest BCUT2D eigenvalue weighted by Crippen LogP contribution is -2.46. The Hall–Kier alpha value is -5.81. The number of rotatable bonds is 26. The summed E-state index contributed by atoms with van der Waals surface area (Å²) in [5, 5.41) is 12.4. The zero-order valence-electron chi connectivity index (χ0n) is 41.1. The second kappa shape index (κ2) is 25.9. The maximum atomic E-state index is 14.0. The Bertz CT molecular complexity index is 2360. The molecule has 1 aromatic heterocycles. The fourth-order valence-electron chi connectivity index (χ4n) is 8.46. The van der Waals surface area contributed by atoms with E-state index in [0.29, 0.717) is 11.5 Å². The van der Waals surface area contributed by atoms with Crippen LogP contribution in [0.1, 0.15) is 84.2 Å². The van der Waals surface area contributed by atoms with E-state index in [1.807, 2.05) is 111 Å². The van der Waals surface area contributed by atoms with Crippen molar-refractivity contribution in [1.82, 2.24) is 14.2 Å². The number of hydrogen-bond donors (Lipinski definition) is 2. The van der Waals surface area contributed by atoms with E-state index in [-0.39, 0.29) is 56.7 Å². The maximum Gasteiger partial charge on any atom is 0.351 e. The van der Waals surface area contributed by atoms with Crippen molar-refractivity contribution in [3.63, 3.8) is 0 Å². The van der Waals surface area contributed by atoms with Crippen LogP contribution in [-0.2, 0) is 52.9 Å². The number of anilines is 1. The summed E-state index contributed by atoms with van der Waals surface area (Å²) >= 11 is 0. The van der Waals surface area contributed by atoms with Gasteiger partial charge in [-0.15, -0.1) is 4.67 Å². The summed E-state index contributed by atoms with van der Waals surface area (Å²) in [7, 11) is -0.583. The number of carbonyl (C=O) groups excluding carboxylic acids is 3. The highest BCUT2D eigenvalue weighted by atomic mass is 31.2. The van der Waals surface area contributed by atoms with Gasteiger partial charge in [0.05, 0.1) is 39.9 Å². The third kappa shape index (κ3) is 14.2. The van der Waals surface area contributed by atoms with Crippen LogP contribution < -0.4 is 20.5 Å². The van der Waals surface area contributed by atoms with Crippen molar-refractivity contribution in [2.75, 3.05) is 52.3 Å². The van der Waals surface area contributed by atoms with Crippen LogP contribution in [0.3, 0.4) is 0 Å². The molecule has 70 heavy (non-hydrogen) atoms. The molecule has 20 heteroatoms. The van der Waals surface area contributed by atoms with Crippen molar-refractivity contribution in [3.05, 3.63) is 118 Å². The fraction of sp³-hybridized carbons (Fsp3) is 0.480. The van der Waals surface area contributed by atoms with E-state index < -0.39 is 74.4 Å². The maximum absolute atomic E-state index is 14.0. The van der Waals surface area contributed by atoms with Crippen LogP contribution in [0.2, 0.25) is 0 Å². The normalized spacial score (nSPS) is 18.2. The molecule has 19 nitrogen and oxygen atoms in total. The standard InChI is InChI=1S/C50H64N5O14P/c1-33(2)55(34(3)4)70(60,29-13-26-51)69-46-44(31-66-50(38-14-11-10-12-15-38,39-16-20-41(61-8)21-17-39)40-18-22-42(62-9)23-19-40)68-48(54-27-24-45(52-35(5)56)53-49(54)59)47(46)65-32-63-28-25-43(67-37(7)58)30-64-36(6)57/h10-12,14-24,27,33-34,43-44,46-48,60H,13,25,28-32H2,1-9H3/p+1/t43?,44-,46-,47-,48-,70?/m1/s1. The third-order valence-electron chi connectivity index (χ3n) is 11.3. The molecule has 1 fully saturated rings. The Labute approximate surface area is 409 Å². The summed E-state index contributed by atoms with van der Waals surface area (Å²) in [4.78, 5) is 66.4. The summed E-state index contributed by atoms with van der Waals surface area (Å²) in [6, 6.07) is 27.6. The molecule has 4 aromatic rings. The predicted octanol–water partition coefficient (Wildman–Crippen LogP) is 6.54. The Kier molecular flexibility index (Phi) is 20.4. The predicted molar refractivity (Wildman–Crippen MR) is 259 cm³/mol. The lowest BCUT2D eigenvalue weighted by Gasteiger charge is -2.39. The molecule has 6 atom stereocenters. The number of carbonyl (C=O) groups is 3. The first-order valence-electron chi connectivity index (χ1n) is 22.9. The Balaban J connectivity index is 1.66. The van der Waals surface area contributed by atoms with Crippen molar-refractivity contribution >= 4 is 31.5 Å². The molecular weight excluding hydrogens is 926 g/mol. The second-order valence-corrected chi connectivity index (χ2v) is 19.4. The molecule has 378 valence electrons. The summed E-state index contributed by atoms with van der Waals surface area (Å²) in [5.74, 6) is -0.319. The second-order valence-electron chi connectivity index (χ2n) is 17.0. The first kappa shape index (κ1) is 55.1. The highest BCUT2D eigenvalue weighted by molar-refractivity contribution is 7.63. The minimum Gasteiger partial charge on any atom is -0.497 e. The first-order valence-corrected chi connectivity index (χ1v) is 24.7. The quantitative estimate of drug-likeness (QED) is 0.0224. The average Bonchev–Trinajstić information content (AvgIpc) is 3.65. The molecule has 1 amide bonds. The minimum absolute atomic E-state index is 0.00394. The minimum atomic E-state index is -3.74. The number of aromatic nitrogens is 2. The topological polar surface area (TPSA) is 228 Å². The van der Waals surface area contributed by atoms with E-state index in [4.69, 9.17) is 42.4 Å². The Morgan fingerprint density at radius 3 is 2.00 bits per heavy atom. The molecule has 0 aliphatic carbocycles. The number of nitrogens with one attached hydrogen (secondary N) is 1. The van der Waals surface area contributed by atoms with Crippen molar-refractivity contribution < 1.29 is 61.7 Å². The largest absolute Gasteiger partial charge is 0.497 e. The van der Waals surface area contributed by atoms with Crippen LogP contribution in [0, 0.1) is 11.3 Å². The highest BCUT2D eigenvalue weighted by Gasteiger charge is 2.58. The van der Waals surface area contributed by atoms with Crippen LogP contribution in [0.4, 0.5) is 5.82 Å². The number of amides is 1. The van der Waals surface area contributed by atoms with Gasteiger partial charge in [-0.05, 0) is 74.7 Å². The van der Waals surface area contributed by atoms with E-state index in [9.17, 15) is 29.3 Å². The molecule has 0 bridgehead atoms. The lowest BCUT2D eigenvalue weighted by molar-refractivity contribution is -0.160. The van der Waals surface area contributed by atoms with Gasteiger partial charge in [-0.25, -0.2) is 9.69 Å². The van der Waals surface area contributed by atoms with Gasteiger partial charge in [0.1, 0.15) is 60.8 Å². The van der Waals surface area contributed by atoms with Crippen molar-refractivity contribution in [2.45, 2.75) is 110 Å². The van der Waals surface area contributed by atoms with Gasteiger partial charge in [-0.2, -0.15) is 14.8 Å². The van der Waals surface area contributed by atoms with Gasteiger partial charge >= 0.3 is 25.5 Å². The SMILES string of the molecule is COc1ccc(C(OC[C@H]2O[C@@H](n3ccc(NC(C)=O)nc3=O)[C@H](OCOCCC(COC(C)=O)OC(C)=O)[C@@H]2O[P+](O)(CCC#N)N(C(C)C)C(C)C)(c2ccccc2)c2ccc(OC)cc2)cc1. The molecule has 1 aliphatic heterocycles. The van der Waals surface area contributed by atoms with Crippen LogP contribution in [-0.4, -0.2) is 120 Å². The molecule has 0 radical (unpaired) electrons. The molecule has 2 heterocycles. The van der Waals surface area contributed by atoms with Gasteiger partial charge in [0.15, 0.2) is 12.3 Å². The molecule has 3 aromatic carbocycles. The third-order valence-corrected chi connectivity index (χ3v) is 14.3. The molecule has 0 saturated carbocycles. The van der Waals surface area contributed by atoms with Crippen molar-refractivity contribution in [1.29, 1.82) is 5.26 Å². The zero-order chi connectivity index (χ0) is 51.0. The summed E-state index contributed by atoms with van der Waals surface area (Å²) in [6.45, 7) is 10.5. The monoisotopic (exact) mass is 990 g/mol. The van der Waals surface area contributed by atoms with E-state index >= 15 is 0 Å². The number of nitriles is 1. The Morgan fingerprint density at radius 2 is 1.49 bits per heavy atom. The number of benzene rings is 3. The van der Waals surface area contributed by atoms with Crippen LogP contribution >= 0.6 is 7.87 Å². The van der Waals surface area contributed by atoms with Crippen molar-refractivity contribution in [2.24, 2.45) is 0 Å². The fourth-order valence-corrected chi connectivity index (χ4v) is 11.4. The molecular formula is C50H65N5O14P+. The van der Waals surface area contributed by atoms with Gasteiger partial charge in [0, 0.05) is 45.5 Å². The Morgan fingerprint density at radius 1 is 0.886 bits per heavy atom. The van der Waals surface area contributed by atoms with E-state index in [2.05, 4.69) is 16.4 Å². The molecule has 0 spiro atoms. The summed E-state index contributed by atoms with van der Waals surface area (Å²) < 4.78 is 58.3. The highest BCUT2D eigenvalue weighted by Crippen LogP contribution is 2.64. The number of esters is 2. The molecule has 1 saturated heterocycles. The van der Waals surface area contributed by atoms with Crippen LogP contribution in [0.25, 0.3) is 0 Å². The van der Waals surface area contributed by atoms with Crippen molar-refractivity contribution in [3.8, 4) is 17.6 Å². The molecule has 1 aliphatic rings. The summed E-state index contributed by atoms with van der Waals surface area (Å²) in [6.07, 6.45) is -4.29. The van der Waals surface area contributed by atoms with Gasteiger partial charge in [0.25, 0.3) is 0 Å². The van der Waals surface area contributed by atoms with E-state index in [1.165, 1.54) is 37.6 Å². The average molecular weight is 991 g/mol. The summed E-state index contributed by atoms with van der Waals surface area (Å²) in [5.41, 5.74) is 0.0314. The lowest BCUT2D eigenvalue weighted by atomic mass is 9.80. The van der Waals surface area contributed by atoms with Gasteiger partial charge in [-0.1, -0.05) is 54.6 Å². The first-order chi connectivity index (χ1) is 33.5. The van der Waals surface area contributed by atoms with E-state index in [1.54, 1.807) is 14.2 Å². The molecule has 5 rings (SSSR count). The smallest absolute Gasteiger partial charge is 0.351 e. The van der Waals surface area contributed by atoms with Crippen LogP contribution in [0.5, 0.6) is 11.5 Å². The van der Waals surface area contributed by atoms with Gasteiger partial charge < -0.3 is 43.2 Å². The molecule has 2 N–H and O–H groups in total. The number of hydrogen-bond acceptors (Lipinski definition) is 17.